The predicted octanol–water partition coefficient (Wildman–Crippen LogP) is 1.89. The third-order valence-electron chi connectivity index (χ3n) is 2.40. The molecule has 0 radical (unpaired) electrons. The maximum absolute atomic E-state index is 8.34. The van der Waals surface area contributed by atoms with Gasteiger partial charge in [-0.1, -0.05) is 13.3 Å². The first-order valence-corrected chi connectivity index (χ1v) is 8.32. The molecule has 0 aromatic heterocycles. The fourth-order valence-corrected chi connectivity index (χ4v) is 1.26. The smallest absolute Gasteiger partial charge is 0.0701 e. The van der Waals surface area contributed by atoms with Crippen molar-refractivity contribution in [2.75, 3.05) is 72.7 Å². The predicted molar refractivity (Wildman–Crippen MR) is 87.4 cm³/mol. The molecular formula is C16H36O6. The highest BCUT2D eigenvalue weighted by Crippen LogP contribution is 1.87. The lowest BCUT2D eigenvalue weighted by molar-refractivity contribution is 0.0195. The van der Waals surface area contributed by atoms with E-state index in [1.165, 1.54) is 0 Å². The number of unbranched alkanes of at least 4 members (excludes halogenated alkanes) is 1. The Morgan fingerprint density at radius 1 is 0.545 bits per heavy atom. The van der Waals surface area contributed by atoms with Gasteiger partial charge in [0.1, 0.15) is 0 Å². The molecule has 0 bridgehead atoms. The van der Waals surface area contributed by atoms with Crippen molar-refractivity contribution in [3.8, 4) is 0 Å². The number of ether oxygens (including phenoxy) is 5. The minimum Gasteiger partial charge on any atom is -0.394 e. The van der Waals surface area contributed by atoms with Gasteiger partial charge in [0.25, 0.3) is 0 Å². The van der Waals surface area contributed by atoms with Gasteiger partial charge in [-0.2, -0.15) is 0 Å². The molecule has 6 heteroatoms. The van der Waals surface area contributed by atoms with Crippen molar-refractivity contribution < 1.29 is 28.8 Å². The number of hydrogen-bond donors (Lipinski definition) is 1. The normalized spacial score (nSPS) is 10.4. The van der Waals surface area contributed by atoms with Gasteiger partial charge >= 0.3 is 0 Å². The van der Waals surface area contributed by atoms with Crippen molar-refractivity contribution in [3.05, 3.63) is 0 Å². The maximum Gasteiger partial charge on any atom is 0.0701 e. The lowest BCUT2D eigenvalue weighted by Gasteiger charge is -2.03. The standard InChI is InChI=1S/2C8H18O3/c1-3-9-5-7-11-8-6-10-4-2;1-2-3-5-10-7-8-11-6-4-9/h3-8H2,1-2H3;9H,2-8H2,1H3. The Bertz CT molecular complexity index is 135. The van der Waals surface area contributed by atoms with Crippen molar-refractivity contribution >= 4 is 0 Å². The summed E-state index contributed by atoms with van der Waals surface area (Å²) in [6.45, 7) is 12.8. The molecule has 0 saturated carbocycles. The minimum atomic E-state index is 0.0922. The quantitative estimate of drug-likeness (QED) is 0.437. The van der Waals surface area contributed by atoms with Crippen LogP contribution in [0.2, 0.25) is 0 Å². The van der Waals surface area contributed by atoms with Gasteiger partial charge in [-0.25, -0.2) is 0 Å². The van der Waals surface area contributed by atoms with Crippen LogP contribution >= 0.6 is 0 Å². The molecule has 0 spiro atoms. The first-order valence-electron chi connectivity index (χ1n) is 8.32. The number of rotatable bonds is 16. The summed E-state index contributed by atoms with van der Waals surface area (Å²) in [4.78, 5) is 0. The second-order valence-electron chi connectivity index (χ2n) is 4.31. The van der Waals surface area contributed by atoms with Crippen molar-refractivity contribution in [3.63, 3.8) is 0 Å². The second-order valence-corrected chi connectivity index (χ2v) is 4.31. The largest absolute Gasteiger partial charge is 0.394 e. The Kier molecular flexibility index (Phi) is 28.1. The van der Waals surface area contributed by atoms with Gasteiger partial charge < -0.3 is 28.8 Å². The van der Waals surface area contributed by atoms with E-state index in [4.69, 9.17) is 28.8 Å². The van der Waals surface area contributed by atoms with Crippen LogP contribution in [0.15, 0.2) is 0 Å². The van der Waals surface area contributed by atoms with E-state index in [2.05, 4.69) is 6.92 Å². The van der Waals surface area contributed by atoms with Gasteiger partial charge in [0, 0.05) is 19.8 Å². The van der Waals surface area contributed by atoms with Gasteiger partial charge in [-0.15, -0.1) is 0 Å². The summed E-state index contributed by atoms with van der Waals surface area (Å²) in [5, 5.41) is 8.34. The summed E-state index contributed by atoms with van der Waals surface area (Å²) in [5.74, 6) is 0. The molecule has 6 nitrogen and oxygen atoms in total. The van der Waals surface area contributed by atoms with Crippen LogP contribution in [-0.2, 0) is 23.7 Å². The number of aliphatic hydroxyl groups excluding tert-OH is 1. The van der Waals surface area contributed by atoms with E-state index in [9.17, 15) is 0 Å². The highest BCUT2D eigenvalue weighted by Gasteiger charge is 1.88. The topological polar surface area (TPSA) is 66.4 Å². The molecule has 0 aliphatic carbocycles. The van der Waals surface area contributed by atoms with E-state index in [0.29, 0.717) is 46.2 Å². The summed E-state index contributed by atoms with van der Waals surface area (Å²) in [6, 6.07) is 0. The molecular weight excluding hydrogens is 288 g/mol. The third kappa shape index (κ3) is 28.0. The van der Waals surface area contributed by atoms with Gasteiger partial charge in [-0.05, 0) is 20.3 Å². The minimum absolute atomic E-state index is 0.0922. The Morgan fingerprint density at radius 3 is 1.36 bits per heavy atom. The summed E-state index contributed by atoms with van der Waals surface area (Å²) in [5.41, 5.74) is 0. The molecule has 0 fully saturated rings. The number of hydrogen-bond acceptors (Lipinski definition) is 6. The van der Waals surface area contributed by atoms with Crippen LogP contribution in [0.4, 0.5) is 0 Å². The van der Waals surface area contributed by atoms with E-state index < -0.39 is 0 Å². The molecule has 0 heterocycles. The first-order chi connectivity index (χ1) is 10.8. The molecule has 0 atom stereocenters. The fourth-order valence-electron chi connectivity index (χ4n) is 1.26. The fraction of sp³-hybridized carbons (Fsp3) is 1.00. The maximum atomic E-state index is 8.34. The Morgan fingerprint density at radius 2 is 0.955 bits per heavy atom. The van der Waals surface area contributed by atoms with Crippen molar-refractivity contribution in [1.82, 2.24) is 0 Å². The van der Waals surface area contributed by atoms with Crippen LogP contribution in [0.3, 0.4) is 0 Å². The summed E-state index contributed by atoms with van der Waals surface area (Å²) in [7, 11) is 0. The van der Waals surface area contributed by atoms with Gasteiger partial charge in [-0.3, -0.25) is 0 Å². The van der Waals surface area contributed by atoms with Crippen LogP contribution < -0.4 is 0 Å². The Hall–Kier alpha value is -0.240. The van der Waals surface area contributed by atoms with Crippen molar-refractivity contribution in [2.45, 2.75) is 33.6 Å². The zero-order chi connectivity index (χ0) is 16.7. The molecule has 0 aromatic carbocycles. The summed E-state index contributed by atoms with van der Waals surface area (Å²) in [6.07, 6.45) is 2.28. The first kappa shape index (κ1) is 24.0. The van der Waals surface area contributed by atoms with Crippen LogP contribution in [0.5, 0.6) is 0 Å². The third-order valence-corrected chi connectivity index (χ3v) is 2.40. The van der Waals surface area contributed by atoms with Crippen LogP contribution in [-0.4, -0.2) is 77.8 Å². The van der Waals surface area contributed by atoms with E-state index in [-0.39, 0.29) is 6.61 Å². The lowest BCUT2D eigenvalue weighted by atomic mass is 10.4. The van der Waals surface area contributed by atoms with Crippen LogP contribution in [0.1, 0.15) is 33.6 Å². The summed E-state index contributed by atoms with van der Waals surface area (Å²) < 4.78 is 25.5. The zero-order valence-electron chi connectivity index (χ0n) is 14.7. The van der Waals surface area contributed by atoms with Crippen molar-refractivity contribution in [1.29, 1.82) is 0 Å². The highest BCUT2D eigenvalue weighted by atomic mass is 16.5. The average molecular weight is 324 g/mol. The highest BCUT2D eigenvalue weighted by molar-refractivity contribution is 4.33. The molecule has 1 N–H and O–H groups in total. The molecule has 0 aromatic rings. The van der Waals surface area contributed by atoms with Crippen molar-refractivity contribution in [2.24, 2.45) is 0 Å². The van der Waals surface area contributed by atoms with Gasteiger partial charge in [0.2, 0.25) is 0 Å². The van der Waals surface area contributed by atoms with E-state index in [1.54, 1.807) is 0 Å². The van der Waals surface area contributed by atoms with Gasteiger partial charge in [0.05, 0.1) is 52.9 Å². The van der Waals surface area contributed by atoms with E-state index >= 15 is 0 Å². The molecule has 22 heavy (non-hydrogen) atoms. The van der Waals surface area contributed by atoms with E-state index in [1.807, 2.05) is 13.8 Å². The van der Waals surface area contributed by atoms with Gasteiger partial charge in [0.15, 0.2) is 0 Å². The summed E-state index contributed by atoms with van der Waals surface area (Å²) >= 11 is 0. The SMILES string of the molecule is CCCCOCCOCCO.CCOCCOCCOCC. The molecule has 0 rings (SSSR count). The van der Waals surface area contributed by atoms with E-state index in [0.717, 1.165) is 32.7 Å². The molecule has 0 aliphatic rings. The number of aliphatic hydroxyl groups is 1. The van der Waals surface area contributed by atoms with Crippen LogP contribution in [0, 0.1) is 0 Å². The Labute approximate surface area is 136 Å². The monoisotopic (exact) mass is 324 g/mol. The van der Waals surface area contributed by atoms with Crippen LogP contribution in [0.25, 0.3) is 0 Å². The second kappa shape index (κ2) is 25.7. The zero-order valence-corrected chi connectivity index (χ0v) is 14.7. The molecule has 0 unspecified atom stereocenters. The Balaban J connectivity index is 0. The molecule has 0 saturated heterocycles. The average Bonchev–Trinajstić information content (AvgIpc) is 2.54. The lowest BCUT2D eigenvalue weighted by Crippen LogP contribution is -2.08. The molecule has 136 valence electrons. The molecule has 0 amide bonds. The molecule has 0 aliphatic heterocycles.